The van der Waals surface area contributed by atoms with E-state index in [0.717, 1.165) is 0 Å². The number of hydrogen-bond donors (Lipinski definition) is 3. The molecule has 0 aromatic heterocycles. The highest BCUT2D eigenvalue weighted by atomic mass is 32.7. The molecule has 6 atom stereocenters. The molecule has 0 bridgehead atoms. The van der Waals surface area contributed by atoms with Crippen LogP contribution in [0.15, 0.2) is 0 Å². The van der Waals surface area contributed by atoms with Crippen molar-refractivity contribution in [2.24, 2.45) is 16.2 Å². The maximum atomic E-state index is 11.9. The monoisotopic (exact) mass is 1000 g/mol. The average Bonchev–Trinajstić information content (AvgIpc) is 2.88. The van der Waals surface area contributed by atoms with Gasteiger partial charge in [0.2, 0.25) is 0 Å². The maximum Gasteiger partial charge on any atom is 0.694 e. The van der Waals surface area contributed by atoms with Crippen LogP contribution in [0, 0.1) is 16.2 Å². The van der Waals surface area contributed by atoms with Gasteiger partial charge in [0.25, 0.3) is 7.82 Å². The number of hydrogen-bond acceptors (Lipinski definition) is 20. The van der Waals surface area contributed by atoms with Gasteiger partial charge in [-0.15, -0.1) is 9.42 Å². The van der Waals surface area contributed by atoms with Crippen molar-refractivity contribution in [1.29, 1.82) is 0 Å². The Morgan fingerprint density at radius 2 is 0.821 bits per heavy atom. The number of phosphoric acid groups is 1. The van der Waals surface area contributed by atoms with Crippen LogP contribution in [-0.2, 0) is 102 Å². The minimum Gasteiger partial charge on any atom is -0.780 e. The molecule has 6 unspecified atom stereocenters. The average molecular weight is 1000 g/mol. The van der Waals surface area contributed by atoms with Gasteiger partial charge >= 0.3 is 8.25 Å². The number of rotatable bonds is 21. The van der Waals surface area contributed by atoms with Crippen molar-refractivity contribution >= 4 is 90.7 Å². The van der Waals surface area contributed by atoms with E-state index in [9.17, 15) is 33.3 Å². The first kappa shape index (κ1) is 62.5. The van der Waals surface area contributed by atoms with Crippen molar-refractivity contribution in [3.63, 3.8) is 0 Å². The van der Waals surface area contributed by atoms with Crippen molar-refractivity contribution < 1.29 is 88.7 Å². The zero-order valence-electron chi connectivity index (χ0n) is 34.4. The summed E-state index contributed by atoms with van der Waals surface area (Å²) in [5.41, 5.74) is -4.13. The van der Waals surface area contributed by atoms with Gasteiger partial charge in [-0.3, -0.25) is 9.13 Å². The molecule has 3 N–H and O–H groups in total. The van der Waals surface area contributed by atoms with Gasteiger partial charge < -0.3 is 77.8 Å². The van der Waals surface area contributed by atoms with Gasteiger partial charge in [-0.1, -0.05) is 77.0 Å². The van der Waals surface area contributed by atoms with E-state index in [4.69, 9.17) is 77.7 Å². The van der Waals surface area contributed by atoms with Crippen LogP contribution in [0.25, 0.3) is 0 Å². The minimum absolute atomic E-state index is 0.00698. The van der Waals surface area contributed by atoms with Gasteiger partial charge in [0, 0.05) is 20.8 Å². The summed E-state index contributed by atoms with van der Waals surface area (Å²) in [6.07, 6.45) is 0. The molecule has 19 nitrogen and oxygen atoms in total. The van der Waals surface area contributed by atoms with Crippen LogP contribution in [0.5, 0.6) is 0 Å². The highest BCUT2D eigenvalue weighted by Gasteiger charge is 2.29. The summed E-state index contributed by atoms with van der Waals surface area (Å²) in [5, 5.41) is 0. The fourth-order valence-electron chi connectivity index (χ4n) is 2.71. The first-order valence-corrected chi connectivity index (χ1v) is 29.1. The summed E-state index contributed by atoms with van der Waals surface area (Å²) in [6, 6.07) is 0. The van der Waals surface area contributed by atoms with Crippen molar-refractivity contribution in [3.8, 4) is 0 Å². The third-order valence-electron chi connectivity index (χ3n) is 4.80. The Labute approximate surface area is 354 Å². The predicted octanol–water partition coefficient (Wildman–Crippen LogP) is 5.09. The lowest BCUT2D eigenvalue weighted by atomic mass is 9.97. The maximum absolute atomic E-state index is 11.9. The Morgan fingerprint density at radius 3 is 1.11 bits per heavy atom. The van der Waals surface area contributed by atoms with Gasteiger partial charge in [-0.25, -0.2) is 0 Å². The first-order valence-electron chi connectivity index (χ1n) is 16.2. The fourth-order valence-corrected chi connectivity index (χ4v) is 10.5. The molecule has 0 amide bonds. The Bertz CT molecular complexity index is 1370. The molecule has 29 heteroatoms. The molecule has 0 aromatic carbocycles. The zero-order chi connectivity index (χ0) is 45.7. The molecule has 0 aliphatic heterocycles. The molecule has 0 aliphatic carbocycles. The Balaban J connectivity index is -0.000000753. The Morgan fingerprint density at radius 1 is 0.536 bits per heavy atom. The standard InChI is InChI=1S/C9H22O7P2S.C9H22O6P2S2.C9H20O6P2S/c1-8(2,3)16-18(13,19)15-7-9(4,5)6-14-17(10,11)12;1-8(2,3)15-17(12,19)14-7-9(4,5)6-13-16(10,11)18;1-8(2,3)15-17(12,18)14-7-9(4,5)6-13-16(10)11/h6-7H2,1-5H3,(H,13,19)(H2,10,11,12);6-7H2,1-5H3,(H,12,19)(H2,10,11,18);6-7H2,1-5H3,(H-,10,11,12,18)/p-4. The summed E-state index contributed by atoms with van der Waals surface area (Å²) < 4.78 is 76.9. The molecule has 0 aromatic rings. The smallest absolute Gasteiger partial charge is 0.694 e. The van der Waals surface area contributed by atoms with E-state index in [1.165, 1.54) is 0 Å². The summed E-state index contributed by atoms with van der Waals surface area (Å²) in [5.74, 6) is 0. The van der Waals surface area contributed by atoms with Gasteiger partial charge in [-0.05, 0) is 62.3 Å². The number of phosphoric ester groups is 1. The third-order valence-corrected chi connectivity index (χ3v) is 11.6. The van der Waals surface area contributed by atoms with E-state index in [2.05, 4.69) is 25.4 Å². The van der Waals surface area contributed by atoms with E-state index >= 15 is 0 Å². The highest BCUT2D eigenvalue weighted by molar-refractivity contribution is 8.32. The molecule has 56 heavy (non-hydrogen) atoms. The molecular weight excluding hydrogens is 942 g/mol. The van der Waals surface area contributed by atoms with Crippen LogP contribution in [0.1, 0.15) is 104 Å². The molecule has 0 saturated carbocycles. The molecule has 0 spiro atoms. The Hall–Kier alpha value is 2.22. The largest absolute Gasteiger partial charge is 0.780 e. The van der Waals surface area contributed by atoms with E-state index in [0.29, 0.717) is 0 Å². The van der Waals surface area contributed by atoms with Crippen molar-refractivity contribution in [2.45, 2.75) is 121 Å². The summed E-state index contributed by atoms with van der Waals surface area (Å²) in [4.78, 5) is 70.9. The highest BCUT2D eigenvalue weighted by Crippen LogP contribution is 2.50. The molecule has 340 valence electrons. The van der Waals surface area contributed by atoms with Crippen molar-refractivity contribution in [3.05, 3.63) is 0 Å². The van der Waals surface area contributed by atoms with Crippen molar-refractivity contribution in [1.82, 2.24) is 0 Å². The van der Waals surface area contributed by atoms with Gasteiger partial charge in [0.15, 0.2) is 6.80 Å². The lowest BCUT2D eigenvalue weighted by molar-refractivity contribution is -0.224. The van der Waals surface area contributed by atoms with Crippen LogP contribution >= 0.6 is 43.0 Å². The lowest BCUT2D eigenvalue weighted by Gasteiger charge is -2.37. The normalized spacial score (nSPS) is 19.0. The molecule has 0 rings (SSSR count). The summed E-state index contributed by atoms with van der Waals surface area (Å²) in [7, 11) is -7.45. The molecule has 0 fully saturated rings. The molecule has 0 heterocycles. The van der Waals surface area contributed by atoms with E-state index < -0.39 is 76.1 Å². The SMILES string of the molecule is CC(C)(COP(=O)([O-])O)COP([O-])(=S)OC(C)(C)C.CC(C)(COP(=O)([S-])OC(C)(C)C)COP([O-])(O)=S.CC(C)(CO[P+](=O)O)COP([O-])(=S)OC(C)(C)C. The lowest BCUT2D eigenvalue weighted by Crippen LogP contribution is -2.29. The van der Waals surface area contributed by atoms with Gasteiger partial charge in [0.1, 0.15) is 26.8 Å². The van der Waals surface area contributed by atoms with Crippen molar-refractivity contribution in [2.75, 3.05) is 39.6 Å². The van der Waals surface area contributed by atoms with Gasteiger partial charge in [-0.2, -0.15) is 0 Å². The summed E-state index contributed by atoms with van der Waals surface area (Å²) in [6.45, 7) is 10.0. The molecule has 0 saturated heterocycles. The predicted molar refractivity (Wildman–Crippen MR) is 219 cm³/mol. The van der Waals surface area contributed by atoms with Crippen LogP contribution in [0.4, 0.5) is 0 Å². The zero-order valence-corrected chi connectivity index (χ0v) is 43.1. The molecule has 0 radical (unpaired) electrons. The van der Waals surface area contributed by atoms with Crippen LogP contribution < -0.4 is 19.6 Å². The third kappa shape index (κ3) is 45.7. The Kier molecular flexibility index (Phi) is 27.2. The topological polar surface area (TPSA) is 287 Å². The van der Waals surface area contributed by atoms with Crippen LogP contribution in [-0.4, -0.2) is 71.1 Å². The molecule has 0 aliphatic rings. The van der Waals surface area contributed by atoms with E-state index in [1.54, 1.807) is 104 Å². The summed E-state index contributed by atoms with van der Waals surface area (Å²) >= 11 is 18.5. The second-order valence-corrected chi connectivity index (χ2v) is 29.8. The van der Waals surface area contributed by atoms with Crippen LogP contribution in [0.3, 0.4) is 0 Å². The van der Waals surface area contributed by atoms with Gasteiger partial charge in [0.05, 0.1) is 49.8 Å². The second kappa shape index (κ2) is 24.3. The first-order chi connectivity index (χ1) is 24.1. The quantitative estimate of drug-likeness (QED) is 0.0996. The fraction of sp³-hybridized carbons (Fsp3) is 1.00. The van der Waals surface area contributed by atoms with E-state index in [1.807, 2.05) is 0 Å². The second-order valence-electron chi connectivity index (χ2n) is 17.3. The van der Waals surface area contributed by atoms with E-state index in [-0.39, 0.29) is 39.6 Å². The minimum atomic E-state index is -4.79. The molecular formula is C27H60O19P6S4-4. The van der Waals surface area contributed by atoms with Crippen LogP contribution in [0.2, 0.25) is 0 Å².